The highest BCUT2D eigenvalue weighted by Gasteiger charge is 2.51. The van der Waals surface area contributed by atoms with E-state index in [4.69, 9.17) is 9.31 Å². The summed E-state index contributed by atoms with van der Waals surface area (Å²) in [4.78, 5) is 24.3. The van der Waals surface area contributed by atoms with E-state index in [2.05, 4.69) is 37.2 Å². The monoisotopic (exact) mass is 551 g/mol. The summed E-state index contributed by atoms with van der Waals surface area (Å²) < 4.78 is 13.5. The molecule has 1 atom stereocenters. The molecule has 0 saturated carbocycles. The zero-order valence-corrected chi connectivity index (χ0v) is 20.9. The molecule has 1 heterocycles. The summed E-state index contributed by atoms with van der Waals surface area (Å²) in [7, 11) is -0.482. The Morgan fingerprint density at radius 3 is 2.00 bits per heavy atom. The SMILES string of the molecule is CC1(C)OB(c2ccc(C[C@H](NC(=O)c3cc(Br)cc(Br)c3)C(=O)O)cc2)OC1(C)C. The zero-order valence-electron chi connectivity index (χ0n) is 17.7. The average Bonchev–Trinajstić information content (AvgIpc) is 2.88. The third-order valence-corrected chi connectivity index (χ3v) is 6.59. The van der Waals surface area contributed by atoms with Gasteiger partial charge in [-0.2, -0.15) is 0 Å². The van der Waals surface area contributed by atoms with Crippen molar-refractivity contribution < 1.29 is 24.0 Å². The number of aliphatic carboxylic acids is 1. The van der Waals surface area contributed by atoms with Gasteiger partial charge in [-0.25, -0.2) is 4.79 Å². The molecule has 0 spiro atoms. The fraction of sp³-hybridized carbons (Fsp3) is 0.364. The molecule has 164 valence electrons. The highest BCUT2D eigenvalue weighted by Crippen LogP contribution is 2.36. The Morgan fingerprint density at radius 1 is 1.00 bits per heavy atom. The van der Waals surface area contributed by atoms with Gasteiger partial charge in [-0.1, -0.05) is 56.1 Å². The van der Waals surface area contributed by atoms with Crippen LogP contribution in [0.2, 0.25) is 0 Å². The summed E-state index contributed by atoms with van der Waals surface area (Å²) in [5, 5.41) is 12.2. The van der Waals surface area contributed by atoms with E-state index >= 15 is 0 Å². The molecule has 1 fully saturated rings. The summed E-state index contributed by atoms with van der Waals surface area (Å²) in [5.74, 6) is -1.55. The van der Waals surface area contributed by atoms with Crippen LogP contribution in [0.4, 0.5) is 0 Å². The molecule has 3 rings (SSSR count). The van der Waals surface area contributed by atoms with Crippen LogP contribution in [-0.4, -0.2) is 41.3 Å². The number of halogens is 2. The summed E-state index contributed by atoms with van der Waals surface area (Å²) >= 11 is 6.66. The molecule has 0 radical (unpaired) electrons. The average molecular weight is 553 g/mol. The molecule has 1 aliphatic rings. The lowest BCUT2D eigenvalue weighted by Crippen LogP contribution is -2.42. The maximum absolute atomic E-state index is 12.6. The number of carboxylic acid groups (broad SMARTS) is 1. The van der Waals surface area contributed by atoms with E-state index in [1.54, 1.807) is 18.2 Å². The van der Waals surface area contributed by atoms with Crippen LogP contribution in [0.3, 0.4) is 0 Å². The first-order valence-corrected chi connectivity index (χ1v) is 11.4. The third-order valence-electron chi connectivity index (χ3n) is 5.67. The van der Waals surface area contributed by atoms with E-state index in [0.29, 0.717) is 5.56 Å². The highest BCUT2D eigenvalue weighted by molar-refractivity contribution is 9.11. The molecule has 0 aliphatic carbocycles. The molecule has 0 bridgehead atoms. The van der Waals surface area contributed by atoms with Crippen molar-refractivity contribution in [3.8, 4) is 0 Å². The van der Waals surface area contributed by atoms with Crippen molar-refractivity contribution in [2.75, 3.05) is 0 Å². The van der Waals surface area contributed by atoms with Crippen LogP contribution in [0.25, 0.3) is 0 Å². The summed E-state index contributed by atoms with van der Waals surface area (Å²) in [6, 6.07) is 11.4. The number of carboxylic acids is 1. The maximum Gasteiger partial charge on any atom is 0.494 e. The summed E-state index contributed by atoms with van der Waals surface area (Å²) in [6.07, 6.45) is 0.153. The molecule has 1 saturated heterocycles. The topological polar surface area (TPSA) is 84.9 Å². The molecule has 2 N–H and O–H groups in total. The van der Waals surface area contributed by atoms with Gasteiger partial charge in [0, 0.05) is 20.9 Å². The largest absolute Gasteiger partial charge is 0.494 e. The van der Waals surface area contributed by atoms with Crippen LogP contribution in [0.5, 0.6) is 0 Å². The van der Waals surface area contributed by atoms with Gasteiger partial charge in [-0.3, -0.25) is 4.79 Å². The van der Waals surface area contributed by atoms with Gasteiger partial charge in [0.1, 0.15) is 6.04 Å². The second-order valence-corrected chi connectivity index (χ2v) is 10.4. The molecule has 6 nitrogen and oxygen atoms in total. The minimum Gasteiger partial charge on any atom is -0.480 e. The Hall–Kier alpha value is -1.68. The molecular weight excluding hydrogens is 529 g/mol. The second-order valence-electron chi connectivity index (χ2n) is 8.56. The van der Waals surface area contributed by atoms with Crippen LogP contribution < -0.4 is 10.8 Å². The molecular formula is C22H24BBr2NO5. The summed E-state index contributed by atoms with van der Waals surface area (Å²) in [6.45, 7) is 7.97. The van der Waals surface area contributed by atoms with Crippen LogP contribution in [0.15, 0.2) is 51.4 Å². The number of rotatable bonds is 6. The fourth-order valence-electron chi connectivity index (χ4n) is 3.15. The van der Waals surface area contributed by atoms with Crippen molar-refractivity contribution in [3.05, 3.63) is 62.5 Å². The van der Waals surface area contributed by atoms with Gasteiger partial charge < -0.3 is 19.7 Å². The Kier molecular flexibility index (Phi) is 7.00. The number of carbonyl (C=O) groups is 2. The van der Waals surface area contributed by atoms with Crippen molar-refractivity contribution in [1.82, 2.24) is 5.32 Å². The predicted molar refractivity (Wildman–Crippen MR) is 127 cm³/mol. The first-order valence-electron chi connectivity index (χ1n) is 9.82. The minimum atomic E-state index is -1.10. The lowest BCUT2D eigenvalue weighted by atomic mass is 9.78. The van der Waals surface area contributed by atoms with Crippen LogP contribution in [-0.2, 0) is 20.5 Å². The van der Waals surface area contributed by atoms with Gasteiger partial charge in [-0.05, 0) is 56.9 Å². The van der Waals surface area contributed by atoms with Gasteiger partial charge in [-0.15, -0.1) is 0 Å². The van der Waals surface area contributed by atoms with Crippen molar-refractivity contribution in [2.24, 2.45) is 0 Å². The standard InChI is InChI=1S/C22H24BBr2NO5/c1-21(2)22(3,4)31-23(30-21)15-7-5-13(6-8-15)9-18(20(28)29)26-19(27)14-10-16(24)12-17(25)11-14/h5-8,10-12,18H,9H2,1-4H3,(H,26,27)(H,28,29)/t18-/m0/s1. The van der Waals surface area contributed by atoms with E-state index in [0.717, 1.165) is 20.0 Å². The fourth-order valence-corrected chi connectivity index (χ4v) is 4.45. The van der Waals surface area contributed by atoms with Gasteiger partial charge in [0.05, 0.1) is 11.2 Å². The Morgan fingerprint density at radius 2 is 1.52 bits per heavy atom. The first kappa shape index (κ1) is 24.0. The molecule has 2 aromatic rings. The maximum atomic E-state index is 12.6. The van der Waals surface area contributed by atoms with Gasteiger partial charge in [0.25, 0.3) is 5.91 Å². The molecule has 0 aromatic heterocycles. The van der Waals surface area contributed by atoms with Crippen LogP contribution in [0, 0.1) is 0 Å². The number of hydrogen-bond acceptors (Lipinski definition) is 4. The van der Waals surface area contributed by atoms with E-state index in [-0.39, 0.29) is 6.42 Å². The molecule has 0 unspecified atom stereocenters. The first-order chi connectivity index (χ1) is 14.4. The van der Waals surface area contributed by atoms with Crippen molar-refractivity contribution in [1.29, 1.82) is 0 Å². The Balaban J connectivity index is 1.69. The minimum absolute atomic E-state index is 0.153. The zero-order chi connectivity index (χ0) is 23.0. The van der Waals surface area contributed by atoms with E-state index < -0.39 is 36.2 Å². The summed E-state index contributed by atoms with van der Waals surface area (Å²) in [5.41, 5.74) is 1.14. The molecule has 9 heteroatoms. The van der Waals surface area contributed by atoms with Gasteiger partial charge in [0.15, 0.2) is 0 Å². The predicted octanol–water partition coefficient (Wildman–Crippen LogP) is 3.94. The lowest BCUT2D eigenvalue weighted by Gasteiger charge is -2.32. The Labute approximate surface area is 199 Å². The molecule has 1 amide bonds. The second kappa shape index (κ2) is 9.06. The smallest absolute Gasteiger partial charge is 0.480 e. The van der Waals surface area contributed by atoms with Crippen LogP contribution >= 0.6 is 31.9 Å². The molecule has 31 heavy (non-hydrogen) atoms. The van der Waals surface area contributed by atoms with Crippen molar-refractivity contribution >= 4 is 56.3 Å². The third kappa shape index (κ3) is 5.58. The lowest BCUT2D eigenvalue weighted by molar-refractivity contribution is -0.139. The highest BCUT2D eigenvalue weighted by atomic mass is 79.9. The molecule has 2 aromatic carbocycles. The molecule has 1 aliphatic heterocycles. The van der Waals surface area contributed by atoms with Crippen LogP contribution in [0.1, 0.15) is 43.6 Å². The van der Waals surface area contributed by atoms with E-state index in [1.165, 1.54) is 0 Å². The quantitative estimate of drug-likeness (QED) is 0.530. The normalized spacial score (nSPS) is 17.9. The number of hydrogen-bond donors (Lipinski definition) is 2. The number of nitrogens with one attached hydrogen (secondary N) is 1. The van der Waals surface area contributed by atoms with Crippen molar-refractivity contribution in [3.63, 3.8) is 0 Å². The van der Waals surface area contributed by atoms with Gasteiger partial charge >= 0.3 is 13.1 Å². The van der Waals surface area contributed by atoms with E-state index in [9.17, 15) is 14.7 Å². The van der Waals surface area contributed by atoms with E-state index in [1.807, 2.05) is 52.0 Å². The van der Waals surface area contributed by atoms with Crippen molar-refractivity contribution in [2.45, 2.75) is 51.4 Å². The number of benzene rings is 2. The van der Waals surface area contributed by atoms with Gasteiger partial charge in [0.2, 0.25) is 0 Å². The number of carbonyl (C=O) groups excluding carboxylic acids is 1. The number of amides is 1. The Bertz CT molecular complexity index is 958.